The second kappa shape index (κ2) is 4.40. The monoisotopic (exact) mass is 239 g/mol. The molecule has 1 aliphatic heterocycles. The van der Waals surface area contributed by atoms with E-state index >= 15 is 0 Å². The first-order valence-electron chi connectivity index (χ1n) is 4.91. The van der Waals surface area contributed by atoms with E-state index in [1.54, 1.807) is 6.07 Å². The molecule has 0 amide bonds. The van der Waals surface area contributed by atoms with Crippen LogP contribution < -0.4 is 4.74 Å². The number of hydrogen-bond donors (Lipinski definition) is 1. The van der Waals surface area contributed by atoms with Crippen molar-refractivity contribution in [2.45, 2.75) is 12.5 Å². The Morgan fingerprint density at radius 2 is 2.41 bits per heavy atom. The number of carboxylic acids is 1. The second-order valence-corrected chi connectivity index (χ2v) is 3.52. The van der Waals surface area contributed by atoms with Gasteiger partial charge in [-0.15, -0.1) is 0 Å². The highest BCUT2D eigenvalue weighted by atomic mass is 19.1. The minimum Gasteiger partial charge on any atom is -0.494 e. The Morgan fingerprint density at radius 3 is 2.94 bits per heavy atom. The van der Waals surface area contributed by atoms with Gasteiger partial charge in [-0.05, 0) is 18.2 Å². The molecule has 1 unspecified atom stereocenters. The molecule has 1 aromatic carbocycles. The molecular formula is C11H10FNO4. The Labute approximate surface area is 96.4 Å². The Balaban J connectivity index is 2.20. The first kappa shape index (κ1) is 11.4. The van der Waals surface area contributed by atoms with Crippen LogP contribution in [0.3, 0.4) is 0 Å². The molecule has 1 atom stereocenters. The third-order valence-electron chi connectivity index (χ3n) is 2.43. The number of carboxylic acid groups (broad SMARTS) is 1. The van der Waals surface area contributed by atoms with E-state index in [0.717, 1.165) is 0 Å². The number of nitrogens with zero attached hydrogens (tertiary/aromatic N) is 1. The van der Waals surface area contributed by atoms with Crippen molar-refractivity contribution in [2.24, 2.45) is 5.16 Å². The summed E-state index contributed by atoms with van der Waals surface area (Å²) in [5.74, 6) is -1.48. The molecular weight excluding hydrogens is 229 g/mol. The molecule has 0 fully saturated rings. The summed E-state index contributed by atoms with van der Waals surface area (Å²) in [7, 11) is 1.37. The Hall–Kier alpha value is -2.11. The molecule has 1 N–H and O–H groups in total. The van der Waals surface area contributed by atoms with Crippen molar-refractivity contribution in [3.8, 4) is 5.75 Å². The lowest BCUT2D eigenvalue weighted by Gasteiger charge is -2.04. The molecule has 90 valence electrons. The normalized spacial score (nSPS) is 18.5. The van der Waals surface area contributed by atoms with E-state index in [0.29, 0.717) is 11.3 Å². The highest BCUT2D eigenvalue weighted by molar-refractivity contribution is 6.03. The third kappa shape index (κ3) is 2.20. The van der Waals surface area contributed by atoms with Crippen molar-refractivity contribution in [2.75, 3.05) is 7.11 Å². The maximum atomic E-state index is 13.4. The van der Waals surface area contributed by atoms with Gasteiger partial charge in [0.05, 0.1) is 12.8 Å². The summed E-state index contributed by atoms with van der Waals surface area (Å²) in [6.45, 7) is 0. The van der Waals surface area contributed by atoms with Gasteiger partial charge in [0.25, 0.3) is 0 Å². The summed E-state index contributed by atoms with van der Waals surface area (Å²) in [4.78, 5) is 15.4. The molecule has 0 radical (unpaired) electrons. The van der Waals surface area contributed by atoms with Crippen molar-refractivity contribution in [3.05, 3.63) is 29.6 Å². The van der Waals surface area contributed by atoms with Gasteiger partial charge in [-0.2, -0.15) is 0 Å². The fourth-order valence-corrected chi connectivity index (χ4v) is 1.53. The molecule has 1 heterocycles. The van der Waals surface area contributed by atoms with Crippen molar-refractivity contribution in [3.63, 3.8) is 0 Å². The number of hydrogen-bond acceptors (Lipinski definition) is 4. The zero-order valence-corrected chi connectivity index (χ0v) is 9.01. The first-order valence-corrected chi connectivity index (χ1v) is 4.91. The molecule has 0 aromatic heterocycles. The molecule has 6 heteroatoms. The number of methoxy groups -OCH3 is 1. The fraction of sp³-hybridized carbons (Fsp3) is 0.273. The summed E-state index contributed by atoms with van der Waals surface area (Å²) < 4.78 is 18.2. The number of ether oxygens (including phenoxy) is 1. The number of rotatable bonds is 3. The number of carbonyl (C=O) groups is 1. The van der Waals surface area contributed by atoms with E-state index in [1.807, 2.05) is 0 Å². The van der Waals surface area contributed by atoms with Gasteiger partial charge in [0.1, 0.15) is 0 Å². The highest BCUT2D eigenvalue weighted by Crippen LogP contribution is 2.22. The second-order valence-electron chi connectivity index (χ2n) is 3.52. The van der Waals surface area contributed by atoms with Crippen LogP contribution in [0, 0.1) is 5.82 Å². The predicted molar refractivity (Wildman–Crippen MR) is 56.6 cm³/mol. The summed E-state index contributed by atoms with van der Waals surface area (Å²) in [6, 6.07) is 4.31. The Kier molecular flexibility index (Phi) is 2.95. The molecule has 17 heavy (non-hydrogen) atoms. The van der Waals surface area contributed by atoms with Gasteiger partial charge in [0, 0.05) is 12.0 Å². The number of oxime groups is 1. The summed E-state index contributed by atoms with van der Waals surface area (Å²) in [5.41, 5.74) is 0.908. The summed E-state index contributed by atoms with van der Waals surface area (Å²) in [6.07, 6.45) is -0.864. The lowest BCUT2D eigenvalue weighted by molar-refractivity contribution is -0.148. The molecule has 2 rings (SSSR count). The molecule has 5 nitrogen and oxygen atoms in total. The maximum Gasteiger partial charge on any atom is 0.348 e. The van der Waals surface area contributed by atoms with Crippen LogP contribution in [0.15, 0.2) is 23.4 Å². The quantitative estimate of drug-likeness (QED) is 0.865. The van der Waals surface area contributed by atoms with Crippen LogP contribution in [-0.2, 0) is 9.63 Å². The zero-order chi connectivity index (χ0) is 12.4. The van der Waals surface area contributed by atoms with E-state index in [1.165, 1.54) is 19.2 Å². The van der Waals surface area contributed by atoms with Gasteiger partial charge >= 0.3 is 5.97 Å². The minimum atomic E-state index is -1.09. The van der Waals surface area contributed by atoms with E-state index < -0.39 is 17.9 Å². The van der Waals surface area contributed by atoms with Crippen molar-refractivity contribution < 1.29 is 23.9 Å². The van der Waals surface area contributed by atoms with Crippen molar-refractivity contribution in [1.82, 2.24) is 0 Å². The number of halogens is 1. The highest BCUT2D eigenvalue weighted by Gasteiger charge is 2.28. The standard InChI is InChI=1S/C11H10FNO4/c1-16-9-3-2-6(4-7(9)12)8-5-10(11(14)15)17-13-8/h2-4,10H,5H2,1H3,(H,14,15). The average Bonchev–Trinajstić information content (AvgIpc) is 2.78. The van der Waals surface area contributed by atoms with E-state index in [9.17, 15) is 9.18 Å². The topological polar surface area (TPSA) is 68.1 Å². The van der Waals surface area contributed by atoms with Crippen LogP contribution in [0.25, 0.3) is 0 Å². The molecule has 0 saturated carbocycles. The first-order chi connectivity index (χ1) is 8.11. The van der Waals surface area contributed by atoms with Crippen LogP contribution >= 0.6 is 0 Å². The molecule has 0 spiro atoms. The summed E-state index contributed by atoms with van der Waals surface area (Å²) >= 11 is 0. The van der Waals surface area contributed by atoms with Gasteiger partial charge in [0.2, 0.25) is 6.10 Å². The minimum absolute atomic E-state index is 0.126. The predicted octanol–water partition coefficient (Wildman–Crippen LogP) is 1.41. The van der Waals surface area contributed by atoms with E-state index in [-0.39, 0.29) is 12.2 Å². The zero-order valence-electron chi connectivity index (χ0n) is 9.01. The Bertz CT molecular complexity index is 486. The lowest BCUT2D eigenvalue weighted by Crippen LogP contribution is -2.19. The van der Waals surface area contributed by atoms with Gasteiger partial charge in [-0.3, -0.25) is 0 Å². The van der Waals surface area contributed by atoms with E-state index in [2.05, 4.69) is 5.16 Å². The van der Waals surface area contributed by atoms with Crippen molar-refractivity contribution in [1.29, 1.82) is 0 Å². The van der Waals surface area contributed by atoms with Crippen LogP contribution in [0.2, 0.25) is 0 Å². The molecule has 1 aliphatic rings. The third-order valence-corrected chi connectivity index (χ3v) is 2.43. The Morgan fingerprint density at radius 1 is 1.65 bits per heavy atom. The van der Waals surface area contributed by atoms with Gasteiger partial charge in [0.15, 0.2) is 11.6 Å². The van der Waals surface area contributed by atoms with Gasteiger partial charge in [-0.1, -0.05) is 5.16 Å². The lowest BCUT2D eigenvalue weighted by atomic mass is 10.0. The van der Waals surface area contributed by atoms with E-state index in [4.69, 9.17) is 14.7 Å². The van der Waals surface area contributed by atoms with Gasteiger partial charge < -0.3 is 14.7 Å². The smallest absolute Gasteiger partial charge is 0.348 e. The van der Waals surface area contributed by atoms with Crippen LogP contribution in [0.1, 0.15) is 12.0 Å². The molecule has 0 aliphatic carbocycles. The van der Waals surface area contributed by atoms with Crippen LogP contribution in [0.5, 0.6) is 5.75 Å². The largest absolute Gasteiger partial charge is 0.494 e. The molecule has 0 bridgehead atoms. The summed E-state index contributed by atoms with van der Waals surface area (Å²) in [5, 5.41) is 12.4. The van der Waals surface area contributed by atoms with Crippen LogP contribution in [-0.4, -0.2) is 30.0 Å². The van der Waals surface area contributed by atoms with Gasteiger partial charge in [-0.25, -0.2) is 9.18 Å². The fourth-order valence-electron chi connectivity index (χ4n) is 1.53. The number of benzene rings is 1. The molecule has 1 aromatic rings. The SMILES string of the molecule is COc1ccc(C2=NOC(C(=O)O)C2)cc1F. The average molecular weight is 239 g/mol. The maximum absolute atomic E-state index is 13.4. The molecule has 0 saturated heterocycles. The van der Waals surface area contributed by atoms with Crippen LogP contribution in [0.4, 0.5) is 4.39 Å². The number of aliphatic carboxylic acids is 1. The van der Waals surface area contributed by atoms with Crippen molar-refractivity contribution >= 4 is 11.7 Å².